The highest BCUT2D eigenvalue weighted by molar-refractivity contribution is 8.05. The maximum absolute atomic E-state index is 13.5. The molecule has 1 aliphatic heterocycles. The largest absolute Gasteiger partial charge is 0.288 e. The van der Waals surface area contributed by atoms with Crippen LogP contribution in [0.3, 0.4) is 0 Å². The van der Waals surface area contributed by atoms with E-state index < -0.39 is 11.0 Å². The molecule has 0 N–H and O–H groups in total. The number of halogens is 2. The molecule has 0 unspecified atom stereocenters. The summed E-state index contributed by atoms with van der Waals surface area (Å²) in [6.07, 6.45) is 0.313. The molecule has 0 aliphatic carbocycles. The molecule has 1 amide bonds. The van der Waals surface area contributed by atoms with Gasteiger partial charge in [-0.05, 0) is 30.2 Å². The van der Waals surface area contributed by atoms with Gasteiger partial charge in [0.05, 0.1) is 15.3 Å². The van der Waals surface area contributed by atoms with E-state index in [-0.39, 0.29) is 11.5 Å². The van der Waals surface area contributed by atoms with Crippen molar-refractivity contribution in [1.29, 1.82) is 5.26 Å². The zero-order valence-electron chi connectivity index (χ0n) is 16.7. The lowest BCUT2D eigenvalue weighted by Gasteiger charge is -2.18. The molecule has 3 aromatic rings. The maximum atomic E-state index is 13.5. The molecule has 1 saturated heterocycles. The molecule has 0 aromatic heterocycles. The summed E-state index contributed by atoms with van der Waals surface area (Å²) in [5.74, 6) is -0.647. The number of anilines is 1. The van der Waals surface area contributed by atoms with Gasteiger partial charge in [-0.1, -0.05) is 95.6 Å². The van der Waals surface area contributed by atoms with Gasteiger partial charge in [0, 0.05) is 11.3 Å². The Morgan fingerprint density at radius 2 is 1.62 bits per heavy atom. The van der Waals surface area contributed by atoms with E-state index in [0.717, 1.165) is 5.56 Å². The molecular formula is C25H16Cl2N2O2S. The third-order valence-electron chi connectivity index (χ3n) is 4.99. The van der Waals surface area contributed by atoms with Crippen LogP contribution in [0, 0.1) is 11.3 Å². The number of nitriles is 1. The monoisotopic (exact) mass is 478 g/mol. The van der Waals surface area contributed by atoms with E-state index in [1.807, 2.05) is 18.2 Å². The van der Waals surface area contributed by atoms with Gasteiger partial charge in [-0.15, -0.1) is 0 Å². The Kier molecular flexibility index (Phi) is 6.66. The van der Waals surface area contributed by atoms with Crippen molar-refractivity contribution in [2.24, 2.45) is 0 Å². The Balaban J connectivity index is 1.79. The van der Waals surface area contributed by atoms with Crippen LogP contribution in [0.25, 0.3) is 0 Å². The van der Waals surface area contributed by atoms with Gasteiger partial charge in [-0.2, -0.15) is 5.26 Å². The number of allylic oxidation sites excluding steroid dienone is 1. The molecule has 1 aliphatic rings. The first-order valence-electron chi connectivity index (χ1n) is 9.74. The highest BCUT2D eigenvalue weighted by Gasteiger charge is 2.41. The molecular weight excluding hydrogens is 463 g/mol. The van der Waals surface area contributed by atoms with Crippen molar-refractivity contribution in [3.8, 4) is 6.07 Å². The van der Waals surface area contributed by atoms with E-state index in [0.29, 0.717) is 32.7 Å². The number of carbonyl (C=O) groups is 2. The number of Topliss-reactive ketones (excluding diaryl/α,β-unsaturated/α-hetero) is 1. The summed E-state index contributed by atoms with van der Waals surface area (Å²) in [6, 6.07) is 24.9. The van der Waals surface area contributed by atoms with Gasteiger partial charge >= 0.3 is 0 Å². The Bertz CT molecular complexity index is 1250. The second kappa shape index (κ2) is 9.62. The van der Waals surface area contributed by atoms with Gasteiger partial charge in [-0.25, -0.2) is 0 Å². The first-order valence-corrected chi connectivity index (χ1v) is 11.4. The number of ketones is 1. The number of thioether (sulfide) groups is 1. The molecule has 0 radical (unpaired) electrons. The molecule has 1 fully saturated rings. The van der Waals surface area contributed by atoms with E-state index in [1.54, 1.807) is 66.7 Å². The smallest absolute Gasteiger partial charge is 0.245 e. The van der Waals surface area contributed by atoms with Crippen molar-refractivity contribution in [2.75, 3.05) is 4.90 Å². The van der Waals surface area contributed by atoms with Crippen LogP contribution in [-0.2, 0) is 11.2 Å². The number of nitrogens with zero attached hydrogens (tertiary/aromatic N) is 2. The number of carbonyl (C=O) groups excluding carboxylic acids is 2. The molecule has 0 saturated carbocycles. The minimum absolute atomic E-state index is 0.0712. The topological polar surface area (TPSA) is 61.2 Å². The van der Waals surface area contributed by atoms with Gasteiger partial charge in [-0.3, -0.25) is 14.5 Å². The first kappa shape index (κ1) is 22.2. The highest BCUT2D eigenvalue weighted by atomic mass is 35.5. The molecule has 4 rings (SSSR count). The molecule has 1 atom stereocenters. The fourth-order valence-electron chi connectivity index (χ4n) is 3.44. The maximum Gasteiger partial charge on any atom is 0.245 e. The summed E-state index contributed by atoms with van der Waals surface area (Å²) >= 11 is 13.7. The summed E-state index contributed by atoms with van der Waals surface area (Å²) in [5.41, 5.74) is 1.64. The van der Waals surface area contributed by atoms with Gasteiger partial charge in [0.15, 0.2) is 0 Å². The predicted molar refractivity (Wildman–Crippen MR) is 129 cm³/mol. The second-order valence-corrected chi connectivity index (χ2v) is 9.00. The van der Waals surface area contributed by atoms with E-state index in [1.165, 1.54) is 16.7 Å². The normalized spacial score (nSPS) is 17.2. The Morgan fingerprint density at radius 3 is 2.28 bits per heavy atom. The van der Waals surface area contributed by atoms with Crippen LogP contribution in [-0.4, -0.2) is 16.9 Å². The second-order valence-electron chi connectivity index (χ2n) is 7.02. The predicted octanol–water partition coefficient (Wildman–Crippen LogP) is 6.30. The zero-order valence-corrected chi connectivity index (χ0v) is 19.0. The van der Waals surface area contributed by atoms with Crippen molar-refractivity contribution in [3.63, 3.8) is 0 Å². The van der Waals surface area contributed by atoms with Gasteiger partial charge < -0.3 is 0 Å². The molecule has 32 heavy (non-hydrogen) atoms. The fourth-order valence-corrected chi connectivity index (χ4v) is 5.13. The molecule has 0 bridgehead atoms. The van der Waals surface area contributed by atoms with E-state index in [2.05, 4.69) is 0 Å². The van der Waals surface area contributed by atoms with Crippen molar-refractivity contribution in [1.82, 2.24) is 0 Å². The lowest BCUT2D eigenvalue weighted by atomic mass is 10.0. The average molecular weight is 479 g/mol. The molecule has 0 spiro atoms. The number of hydrogen-bond acceptors (Lipinski definition) is 4. The van der Waals surface area contributed by atoms with Crippen molar-refractivity contribution in [2.45, 2.75) is 11.7 Å². The van der Waals surface area contributed by atoms with E-state index in [4.69, 9.17) is 23.2 Å². The van der Waals surface area contributed by atoms with Crippen LogP contribution in [0.15, 0.2) is 89.5 Å². The molecule has 7 heteroatoms. The quantitative estimate of drug-likeness (QED) is 0.245. The number of hydrogen-bond donors (Lipinski definition) is 0. The Hall–Kier alpha value is -3.04. The third kappa shape index (κ3) is 4.31. The summed E-state index contributed by atoms with van der Waals surface area (Å²) in [4.78, 5) is 28.1. The van der Waals surface area contributed by atoms with Gasteiger partial charge in [0.25, 0.3) is 0 Å². The van der Waals surface area contributed by atoms with Crippen molar-refractivity contribution in [3.05, 3.63) is 111 Å². The van der Waals surface area contributed by atoms with E-state index in [9.17, 15) is 14.9 Å². The zero-order chi connectivity index (χ0) is 22.7. The SMILES string of the molecule is N#C/C(C(=O)c1ccccc1)=C1/S[C@H](Cc2cccc(Cl)c2Cl)C(=O)N1c1ccccc1. The van der Waals surface area contributed by atoms with Gasteiger partial charge in [0.2, 0.25) is 11.7 Å². The summed E-state index contributed by atoms with van der Waals surface area (Å²) in [7, 11) is 0. The standard InChI is InChI=1S/C25H16Cl2N2O2S/c26-20-13-7-10-17(22(20)27)14-21-24(31)29(18-11-5-2-6-12-18)25(32-21)19(15-28)23(30)16-8-3-1-4-9-16/h1-13,21H,14H2/b25-19-/t21-/m1/s1. The molecule has 1 heterocycles. The number of para-hydroxylation sites is 1. The number of benzene rings is 3. The first-order chi connectivity index (χ1) is 15.5. The summed E-state index contributed by atoms with van der Waals surface area (Å²) in [6.45, 7) is 0. The fraction of sp³-hybridized carbons (Fsp3) is 0.0800. The van der Waals surface area contributed by atoms with Crippen molar-refractivity contribution >= 4 is 52.3 Å². The van der Waals surface area contributed by atoms with Crippen LogP contribution in [0.4, 0.5) is 5.69 Å². The lowest BCUT2D eigenvalue weighted by Crippen LogP contribution is -2.30. The molecule has 3 aromatic carbocycles. The molecule has 158 valence electrons. The van der Waals surface area contributed by atoms with Crippen LogP contribution in [0.1, 0.15) is 15.9 Å². The Labute approximate surface area is 200 Å². The highest BCUT2D eigenvalue weighted by Crippen LogP contribution is 2.43. The van der Waals surface area contributed by atoms with Crippen LogP contribution in [0.5, 0.6) is 0 Å². The van der Waals surface area contributed by atoms with E-state index >= 15 is 0 Å². The Morgan fingerprint density at radius 1 is 0.969 bits per heavy atom. The van der Waals surface area contributed by atoms with Crippen LogP contribution in [0.2, 0.25) is 10.0 Å². The lowest BCUT2D eigenvalue weighted by molar-refractivity contribution is -0.117. The van der Waals surface area contributed by atoms with Crippen LogP contribution < -0.4 is 4.90 Å². The minimum Gasteiger partial charge on any atom is -0.288 e. The van der Waals surface area contributed by atoms with Crippen LogP contribution >= 0.6 is 35.0 Å². The summed E-state index contributed by atoms with van der Waals surface area (Å²) in [5, 5.41) is 10.5. The minimum atomic E-state index is -0.562. The number of amides is 1. The third-order valence-corrected chi connectivity index (χ3v) is 7.11. The number of rotatable bonds is 5. The van der Waals surface area contributed by atoms with Crippen molar-refractivity contribution < 1.29 is 9.59 Å². The van der Waals surface area contributed by atoms with Gasteiger partial charge in [0.1, 0.15) is 16.7 Å². The summed E-state index contributed by atoms with van der Waals surface area (Å²) < 4.78 is 0. The molecule has 4 nitrogen and oxygen atoms in total. The average Bonchev–Trinajstić information content (AvgIpc) is 3.14.